The lowest BCUT2D eigenvalue weighted by molar-refractivity contribution is 0.597. The maximum Gasteiger partial charge on any atom is 0.128 e. The predicted molar refractivity (Wildman–Crippen MR) is 153 cm³/mol. The molecule has 0 saturated carbocycles. The van der Waals surface area contributed by atoms with Crippen LogP contribution in [0.15, 0.2) is 42.0 Å². The molecule has 0 aliphatic carbocycles. The zero-order valence-electron chi connectivity index (χ0n) is 20.4. The van der Waals surface area contributed by atoms with Crippen molar-refractivity contribution < 1.29 is 0 Å². The summed E-state index contributed by atoms with van der Waals surface area (Å²) in [6.45, 7) is 13.8. The molecule has 6 aromatic rings. The largest absolute Gasteiger partial charge is 0.236 e. The first-order valence-electron chi connectivity index (χ1n) is 11.8. The normalized spacial score (nSPS) is 12.8. The molecule has 0 aliphatic heterocycles. The smallest absolute Gasteiger partial charge is 0.128 e. The maximum absolute atomic E-state index is 4.86. The van der Waals surface area contributed by atoms with E-state index < -0.39 is 0 Å². The van der Waals surface area contributed by atoms with Gasteiger partial charge in [-0.2, -0.15) is 0 Å². The average molecular weight is 501 g/mol. The number of hydrogen-bond acceptors (Lipinski definition) is 5. The van der Waals surface area contributed by atoms with Gasteiger partial charge in [-0.1, -0.05) is 40.7 Å². The SMILES string of the molecule is Cc1c(CC(C)C)sc2ccc3c(sc4ncnc(-c5cc(C(C)(C)C)c6sccc6c5)c43)c12. The maximum atomic E-state index is 4.86. The number of rotatable bonds is 3. The van der Waals surface area contributed by atoms with Crippen molar-refractivity contribution in [2.75, 3.05) is 0 Å². The van der Waals surface area contributed by atoms with Gasteiger partial charge in [0.1, 0.15) is 11.2 Å². The van der Waals surface area contributed by atoms with E-state index in [9.17, 15) is 0 Å². The fourth-order valence-corrected chi connectivity index (χ4v) is 8.85. The molecule has 0 bridgehead atoms. The summed E-state index contributed by atoms with van der Waals surface area (Å²) in [5.41, 5.74) is 5.12. The molecule has 2 nitrogen and oxygen atoms in total. The lowest BCUT2D eigenvalue weighted by Gasteiger charge is -2.21. The Balaban J connectivity index is 1.66. The summed E-state index contributed by atoms with van der Waals surface area (Å²) < 4.78 is 4.12. The van der Waals surface area contributed by atoms with E-state index >= 15 is 0 Å². The van der Waals surface area contributed by atoms with Crippen molar-refractivity contribution in [2.45, 2.75) is 53.4 Å². The number of hydrogen-bond donors (Lipinski definition) is 0. The topological polar surface area (TPSA) is 25.8 Å². The third-order valence-electron chi connectivity index (χ3n) is 6.65. The van der Waals surface area contributed by atoms with E-state index in [1.54, 1.807) is 6.33 Å². The van der Waals surface area contributed by atoms with Crippen molar-refractivity contribution >= 4 is 74.5 Å². The number of fused-ring (bicyclic) bond motifs is 6. The van der Waals surface area contributed by atoms with E-state index in [4.69, 9.17) is 9.97 Å². The highest BCUT2D eigenvalue weighted by Crippen LogP contribution is 2.46. The van der Waals surface area contributed by atoms with Crippen molar-refractivity contribution in [3.05, 3.63) is 58.0 Å². The van der Waals surface area contributed by atoms with Gasteiger partial charge in [0.05, 0.1) is 5.69 Å². The Hall–Kier alpha value is -2.34. The molecule has 0 fully saturated rings. The van der Waals surface area contributed by atoms with Crippen molar-refractivity contribution in [2.24, 2.45) is 5.92 Å². The first kappa shape index (κ1) is 22.1. The van der Waals surface area contributed by atoms with Gasteiger partial charge in [0, 0.05) is 40.7 Å². The first-order chi connectivity index (χ1) is 16.2. The van der Waals surface area contributed by atoms with Crippen LogP contribution in [-0.4, -0.2) is 9.97 Å². The Morgan fingerprint density at radius 2 is 1.76 bits per heavy atom. The van der Waals surface area contributed by atoms with Crippen LogP contribution in [0.2, 0.25) is 0 Å². The molecule has 0 unspecified atom stereocenters. The van der Waals surface area contributed by atoms with Gasteiger partial charge in [-0.15, -0.1) is 34.0 Å². The summed E-state index contributed by atoms with van der Waals surface area (Å²) in [6.07, 6.45) is 2.88. The number of benzene rings is 2. The molecule has 0 atom stereocenters. The molecule has 4 aromatic heterocycles. The number of aromatic nitrogens is 2. The summed E-state index contributed by atoms with van der Waals surface area (Å²) >= 11 is 5.61. The minimum atomic E-state index is 0.0642. The molecule has 0 N–H and O–H groups in total. The van der Waals surface area contributed by atoms with Crippen LogP contribution in [0.4, 0.5) is 0 Å². The standard InChI is InChI=1S/C29H28N2S3/c1-15(2)11-22-16(3)23-21(33-22)8-7-19-24-25(30-14-31-28(24)34-27(19)23)18-12-17-9-10-32-26(17)20(13-18)29(4,5)6/h7-10,12-15H,11H2,1-6H3. The van der Waals surface area contributed by atoms with Gasteiger partial charge in [0.15, 0.2) is 0 Å². The molecule has 5 heteroatoms. The monoisotopic (exact) mass is 500 g/mol. The zero-order chi connectivity index (χ0) is 23.8. The summed E-state index contributed by atoms with van der Waals surface area (Å²) in [5.74, 6) is 0.658. The van der Waals surface area contributed by atoms with E-state index in [0.29, 0.717) is 5.92 Å². The Labute approximate surface area is 212 Å². The fourth-order valence-electron chi connectivity index (χ4n) is 5.00. The number of thiophene rings is 3. The van der Waals surface area contributed by atoms with Gasteiger partial charge in [-0.25, -0.2) is 9.97 Å². The third kappa shape index (κ3) is 3.40. The third-order valence-corrected chi connectivity index (χ3v) is 10.0. The molecule has 0 aliphatic rings. The van der Waals surface area contributed by atoms with Crippen molar-refractivity contribution in [1.82, 2.24) is 9.97 Å². The van der Waals surface area contributed by atoms with Gasteiger partial charge >= 0.3 is 0 Å². The van der Waals surface area contributed by atoms with Crippen molar-refractivity contribution in [3.8, 4) is 11.3 Å². The van der Waals surface area contributed by atoms with Crippen LogP contribution in [-0.2, 0) is 11.8 Å². The Bertz CT molecular complexity index is 1710. The summed E-state index contributed by atoms with van der Waals surface area (Å²) in [6, 6.07) is 11.5. The van der Waals surface area contributed by atoms with Crippen LogP contribution >= 0.6 is 34.0 Å². The van der Waals surface area contributed by atoms with Crippen LogP contribution in [0.3, 0.4) is 0 Å². The molecule has 6 rings (SSSR count). The number of nitrogens with zero attached hydrogens (tertiary/aromatic N) is 2. The lowest BCUT2D eigenvalue weighted by atomic mass is 9.85. The van der Waals surface area contributed by atoms with Crippen LogP contribution in [0.5, 0.6) is 0 Å². The van der Waals surface area contributed by atoms with Crippen molar-refractivity contribution in [1.29, 1.82) is 0 Å². The van der Waals surface area contributed by atoms with Crippen LogP contribution in [0, 0.1) is 12.8 Å². The highest BCUT2D eigenvalue weighted by molar-refractivity contribution is 7.27. The van der Waals surface area contributed by atoms with E-state index in [-0.39, 0.29) is 5.41 Å². The molecule has 0 saturated heterocycles. The average Bonchev–Trinajstić information content (AvgIpc) is 3.47. The molecule has 0 amide bonds. The summed E-state index contributed by atoms with van der Waals surface area (Å²) in [7, 11) is 0. The Morgan fingerprint density at radius 1 is 0.941 bits per heavy atom. The lowest BCUT2D eigenvalue weighted by Crippen LogP contribution is -2.11. The van der Waals surface area contributed by atoms with Crippen LogP contribution < -0.4 is 0 Å². The number of aryl methyl sites for hydroxylation is 1. The fraction of sp³-hybridized carbons (Fsp3) is 0.310. The molecule has 34 heavy (non-hydrogen) atoms. The minimum absolute atomic E-state index is 0.0642. The molecular formula is C29H28N2S3. The molecule has 0 radical (unpaired) electrons. The zero-order valence-corrected chi connectivity index (χ0v) is 22.9. The van der Waals surface area contributed by atoms with Gasteiger partial charge in [-0.3, -0.25) is 0 Å². The second-order valence-electron chi connectivity index (χ2n) is 10.7. The second kappa shape index (κ2) is 7.84. The minimum Gasteiger partial charge on any atom is -0.236 e. The first-order valence-corrected chi connectivity index (χ1v) is 14.3. The van der Waals surface area contributed by atoms with Gasteiger partial charge < -0.3 is 0 Å². The van der Waals surface area contributed by atoms with Gasteiger partial charge in [0.2, 0.25) is 0 Å². The summed E-state index contributed by atoms with van der Waals surface area (Å²) in [5, 5.41) is 7.38. The molecule has 4 heterocycles. The quantitative estimate of drug-likeness (QED) is 0.242. The Kier molecular flexibility index (Phi) is 5.11. The van der Waals surface area contributed by atoms with E-state index in [2.05, 4.69) is 77.3 Å². The van der Waals surface area contributed by atoms with Crippen LogP contribution in [0.25, 0.3) is 51.7 Å². The molecule has 0 spiro atoms. The molecule has 172 valence electrons. The van der Waals surface area contributed by atoms with Crippen LogP contribution in [0.1, 0.15) is 50.6 Å². The van der Waals surface area contributed by atoms with E-state index in [1.165, 1.54) is 57.2 Å². The highest BCUT2D eigenvalue weighted by atomic mass is 32.1. The second-order valence-corrected chi connectivity index (χ2v) is 13.7. The Morgan fingerprint density at radius 3 is 2.53 bits per heavy atom. The predicted octanol–water partition coefficient (Wildman–Crippen LogP) is 9.75. The molecule has 2 aromatic carbocycles. The van der Waals surface area contributed by atoms with Gasteiger partial charge in [0.25, 0.3) is 0 Å². The van der Waals surface area contributed by atoms with E-state index in [0.717, 1.165) is 16.9 Å². The van der Waals surface area contributed by atoms with Crippen molar-refractivity contribution in [3.63, 3.8) is 0 Å². The van der Waals surface area contributed by atoms with E-state index in [1.807, 2.05) is 34.0 Å². The summed E-state index contributed by atoms with van der Waals surface area (Å²) in [4.78, 5) is 12.2. The molecular weight excluding hydrogens is 473 g/mol. The highest BCUT2D eigenvalue weighted by Gasteiger charge is 2.22. The van der Waals surface area contributed by atoms with Gasteiger partial charge in [-0.05, 0) is 70.8 Å².